The number of benzene rings is 4. The van der Waals surface area contributed by atoms with Gasteiger partial charge in [0.25, 0.3) is 0 Å². The molecular weight excluding hydrogens is 785 g/mol. The molecule has 6 heteroatoms. The largest absolute Gasteiger partial charge is 0.363 e. The molecule has 6 aliphatic rings. The van der Waals surface area contributed by atoms with Gasteiger partial charge in [0, 0.05) is 71.8 Å². The number of piperidine rings is 6. The summed E-state index contributed by atoms with van der Waals surface area (Å²) in [4.78, 5) is 9.53. The van der Waals surface area contributed by atoms with Crippen LogP contribution in [0.25, 0.3) is 32.9 Å². The van der Waals surface area contributed by atoms with Gasteiger partial charge in [0.1, 0.15) is 37.4 Å². The molecule has 6 nitrogen and oxygen atoms in total. The molecule has 12 rings (SSSR count). The van der Waals surface area contributed by atoms with Crippen molar-refractivity contribution in [3.8, 4) is 11.1 Å². The number of aromatic nitrogens is 2. The van der Waals surface area contributed by atoms with Crippen molar-refractivity contribution in [2.75, 3.05) is 39.4 Å². The highest BCUT2D eigenvalue weighted by atomic mass is 16.5. The van der Waals surface area contributed by atoms with Gasteiger partial charge in [-0.25, -0.2) is 0 Å². The third-order valence-corrected chi connectivity index (χ3v) is 16.1. The van der Waals surface area contributed by atoms with E-state index in [4.69, 9.17) is 19.4 Å². The number of hydrogen-bond acceptors (Lipinski definition) is 4. The zero-order valence-corrected chi connectivity index (χ0v) is 37.4. The van der Waals surface area contributed by atoms with E-state index in [1.165, 1.54) is 57.0 Å². The summed E-state index contributed by atoms with van der Waals surface area (Å²) in [6.07, 6.45) is 16.6. The molecule has 0 saturated carbocycles. The highest BCUT2D eigenvalue weighted by molar-refractivity contribution is 5.83. The van der Waals surface area contributed by atoms with Gasteiger partial charge in [-0.15, -0.1) is 26.3 Å². The van der Waals surface area contributed by atoms with Crippen LogP contribution >= 0.6 is 0 Å². The lowest BCUT2D eigenvalue weighted by Crippen LogP contribution is -2.67. The molecule has 0 aliphatic carbocycles. The van der Waals surface area contributed by atoms with Crippen LogP contribution in [0.2, 0.25) is 0 Å². The van der Waals surface area contributed by atoms with E-state index in [0.29, 0.717) is 36.9 Å². The summed E-state index contributed by atoms with van der Waals surface area (Å²) in [6, 6.07) is 40.6. The minimum Gasteiger partial charge on any atom is -0.363 e. The maximum Gasteiger partial charge on any atom is 0.135 e. The van der Waals surface area contributed by atoms with Crippen molar-refractivity contribution in [1.29, 1.82) is 0 Å². The number of rotatable bonds is 17. The van der Waals surface area contributed by atoms with E-state index in [1.807, 2.05) is 24.5 Å². The van der Waals surface area contributed by atoms with Gasteiger partial charge < -0.3 is 18.4 Å². The average molecular weight is 849 g/mol. The summed E-state index contributed by atoms with van der Waals surface area (Å²) in [5.74, 6) is 2.14. The molecule has 4 bridgehead atoms. The molecule has 6 aliphatic heterocycles. The van der Waals surface area contributed by atoms with Crippen molar-refractivity contribution in [3.05, 3.63) is 194 Å². The fourth-order valence-corrected chi connectivity index (χ4v) is 13.1. The van der Waals surface area contributed by atoms with Gasteiger partial charge in [-0.05, 0) is 58.4 Å². The van der Waals surface area contributed by atoms with Gasteiger partial charge in [0.05, 0.1) is 50.4 Å². The third-order valence-electron chi connectivity index (χ3n) is 16.1. The maximum absolute atomic E-state index is 6.97. The van der Waals surface area contributed by atoms with E-state index >= 15 is 0 Å². The summed E-state index contributed by atoms with van der Waals surface area (Å²) >= 11 is 0. The van der Waals surface area contributed by atoms with Crippen LogP contribution in [-0.2, 0) is 22.6 Å². The smallest absolute Gasteiger partial charge is 0.135 e. The van der Waals surface area contributed by atoms with Crippen molar-refractivity contribution in [2.24, 2.45) is 23.7 Å². The molecule has 2 aromatic heterocycles. The predicted octanol–water partition coefficient (Wildman–Crippen LogP) is 12.2. The Bertz CT molecular complexity index is 2480. The van der Waals surface area contributed by atoms with Crippen LogP contribution in [-0.4, -0.2) is 70.4 Å². The SMILES string of the molecule is C=CCO[C@@H](c1ccnc2ccccc12)C1CC2CC[N+]1(Cc1ccccc1-c1ccccc1C[N+]13CCC(CC1[C@@H](OCC=C)c1ccnc4ccccc14)C(C=C)C3)CC2C=C. The van der Waals surface area contributed by atoms with Crippen LogP contribution < -0.4 is 0 Å². The second-order valence-electron chi connectivity index (χ2n) is 19.3. The molecule has 0 radical (unpaired) electrons. The molecule has 6 fully saturated rings. The quantitative estimate of drug-likeness (QED) is 0.0677. The maximum atomic E-state index is 6.97. The third kappa shape index (κ3) is 7.68. The Morgan fingerprint density at radius 3 is 1.41 bits per heavy atom. The van der Waals surface area contributed by atoms with Crippen LogP contribution in [0, 0.1) is 23.7 Å². The molecule has 8 unspecified atom stereocenters. The highest BCUT2D eigenvalue weighted by Crippen LogP contribution is 2.52. The number of para-hydroxylation sites is 2. The Hall–Kier alpha value is -5.50. The van der Waals surface area contributed by atoms with E-state index in [2.05, 4.69) is 148 Å². The van der Waals surface area contributed by atoms with E-state index in [-0.39, 0.29) is 24.3 Å². The van der Waals surface area contributed by atoms with Crippen molar-refractivity contribution < 1.29 is 18.4 Å². The zero-order chi connectivity index (χ0) is 43.7. The van der Waals surface area contributed by atoms with Crippen LogP contribution in [0.15, 0.2) is 172 Å². The Morgan fingerprint density at radius 1 is 0.547 bits per heavy atom. The second kappa shape index (κ2) is 18.2. The second-order valence-corrected chi connectivity index (χ2v) is 19.3. The van der Waals surface area contributed by atoms with Crippen molar-refractivity contribution in [3.63, 3.8) is 0 Å². The Kier molecular flexibility index (Phi) is 12.1. The first-order chi connectivity index (χ1) is 31.5. The molecular formula is C58H64N4O2+2. The first kappa shape index (κ1) is 42.5. The van der Waals surface area contributed by atoms with Crippen LogP contribution in [0.1, 0.15) is 60.1 Å². The zero-order valence-electron chi connectivity index (χ0n) is 37.4. The molecule has 64 heavy (non-hydrogen) atoms. The Morgan fingerprint density at radius 2 is 0.969 bits per heavy atom. The van der Waals surface area contributed by atoms with Gasteiger partial charge in [-0.2, -0.15) is 0 Å². The Labute approximate surface area is 380 Å². The first-order valence-electron chi connectivity index (χ1n) is 23.7. The summed E-state index contributed by atoms with van der Waals surface area (Å²) in [6.45, 7) is 24.2. The molecule has 8 heterocycles. The summed E-state index contributed by atoms with van der Waals surface area (Å²) in [5.41, 5.74) is 9.98. The normalized spacial score (nSPS) is 28.1. The summed E-state index contributed by atoms with van der Waals surface area (Å²) in [5, 5.41) is 2.35. The lowest BCUT2D eigenvalue weighted by atomic mass is 9.70. The van der Waals surface area contributed by atoms with Crippen molar-refractivity contribution in [2.45, 2.75) is 63.1 Å². The lowest BCUT2D eigenvalue weighted by molar-refractivity contribution is -0.985. The number of hydrogen-bond donors (Lipinski definition) is 0. The van der Waals surface area contributed by atoms with Crippen molar-refractivity contribution in [1.82, 2.24) is 9.97 Å². The van der Waals surface area contributed by atoms with Gasteiger partial charge in [-0.1, -0.05) is 109 Å². The molecule has 6 aromatic rings. The number of fused-ring (bicyclic) bond motifs is 8. The highest BCUT2D eigenvalue weighted by Gasteiger charge is 2.56. The molecule has 10 atom stereocenters. The fourth-order valence-electron chi connectivity index (χ4n) is 13.1. The fraction of sp³-hybridized carbons (Fsp3) is 0.345. The van der Waals surface area contributed by atoms with Crippen LogP contribution in [0.3, 0.4) is 0 Å². The molecule has 6 saturated heterocycles. The number of nitrogens with zero attached hydrogens (tertiary/aromatic N) is 4. The predicted molar refractivity (Wildman–Crippen MR) is 261 cm³/mol. The minimum absolute atomic E-state index is 0.0970. The van der Waals surface area contributed by atoms with Crippen molar-refractivity contribution >= 4 is 21.8 Å². The number of pyridine rings is 2. The van der Waals surface area contributed by atoms with Crippen LogP contribution in [0.5, 0.6) is 0 Å². The van der Waals surface area contributed by atoms with E-state index in [0.717, 1.165) is 72.1 Å². The Balaban J connectivity index is 1.04. The van der Waals surface area contributed by atoms with Gasteiger partial charge in [-0.3, -0.25) is 9.97 Å². The number of ether oxygens (including phenoxy) is 2. The summed E-state index contributed by atoms with van der Waals surface area (Å²) in [7, 11) is 0. The minimum atomic E-state index is -0.0970. The van der Waals surface area contributed by atoms with Gasteiger partial charge >= 0.3 is 0 Å². The standard InChI is InChI=1S/C58H64N4O2/c1-5-33-63-57(51-25-29-59-53-23-15-13-21-49(51)53)55-35-43-27-31-61(55,37-41(43)7-3)39-45-17-9-11-19-47(45)48-20-12-10-18-46(48)40-62-32-28-44(42(8-4)38-62)36-56(62)58(64-34-6-2)52-26-30-60-54-24-16-14-22-50(52)54/h5-26,29-30,41-44,55-58H,1-4,27-28,31-40H2/q+2/t41?,42?,43?,44?,55?,56?,57-,58-,61?,62?/m0/s1. The molecule has 0 spiro atoms. The topological polar surface area (TPSA) is 44.2 Å². The van der Waals surface area contributed by atoms with Gasteiger partial charge in [0.2, 0.25) is 0 Å². The molecule has 4 aromatic carbocycles. The monoisotopic (exact) mass is 849 g/mol. The lowest BCUT2D eigenvalue weighted by Gasteiger charge is -2.59. The number of quaternary nitrogens is 2. The van der Waals surface area contributed by atoms with E-state index in [1.54, 1.807) is 0 Å². The molecule has 0 amide bonds. The summed E-state index contributed by atoms with van der Waals surface area (Å²) < 4.78 is 15.9. The first-order valence-corrected chi connectivity index (χ1v) is 23.7. The molecule has 326 valence electrons. The van der Waals surface area contributed by atoms with Crippen LogP contribution in [0.4, 0.5) is 0 Å². The van der Waals surface area contributed by atoms with Gasteiger partial charge in [0.15, 0.2) is 0 Å². The van der Waals surface area contributed by atoms with E-state index < -0.39 is 0 Å². The van der Waals surface area contributed by atoms with E-state index in [9.17, 15) is 0 Å². The molecule has 0 N–H and O–H groups in total. The average Bonchev–Trinajstić information content (AvgIpc) is 3.35.